The van der Waals surface area contributed by atoms with Crippen LogP contribution in [-0.2, 0) is 28.7 Å². The molecule has 0 aromatic carbocycles. The zero-order chi connectivity index (χ0) is 30.6. The molecule has 39 heavy (non-hydrogen) atoms. The summed E-state index contributed by atoms with van der Waals surface area (Å²) in [5, 5.41) is 2.85. The third-order valence-corrected chi connectivity index (χ3v) is 6.68. The number of likely N-dealkylation sites (N-methyl/N-ethyl adjacent to an activating group) is 3. The maximum atomic E-state index is 13.6. The van der Waals surface area contributed by atoms with Gasteiger partial charge < -0.3 is 30.5 Å². The van der Waals surface area contributed by atoms with Crippen LogP contribution in [0.4, 0.5) is 0 Å². The molecule has 226 valence electrons. The topological polar surface area (TPSA) is 142 Å². The van der Waals surface area contributed by atoms with Gasteiger partial charge in [0.15, 0.2) is 0 Å². The lowest BCUT2D eigenvalue weighted by atomic mass is 9.97. The van der Waals surface area contributed by atoms with Gasteiger partial charge in [-0.3, -0.25) is 24.0 Å². The Morgan fingerprint density at radius 2 is 1.23 bits per heavy atom. The number of nitrogens with zero attached hydrogens (tertiary/aromatic N) is 3. The van der Waals surface area contributed by atoms with Crippen molar-refractivity contribution in [3.8, 4) is 0 Å². The molecule has 0 aromatic rings. The Bertz CT molecular complexity index is 831. The van der Waals surface area contributed by atoms with Gasteiger partial charge in [0, 0.05) is 28.3 Å². The van der Waals surface area contributed by atoms with Crippen LogP contribution >= 0.6 is 0 Å². The van der Waals surface area contributed by atoms with Gasteiger partial charge in [-0.1, -0.05) is 41.5 Å². The lowest BCUT2D eigenvalue weighted by Crippen LogP contribution is -2.58. The lowest BCUT2D eigenvalue weighted by Gasteiger charge is -2.34. The van der Waals surface area contributed by atoms with Gasteiger partial charge in [-0.05, 0) is 43.9 Å². The number of methoxy groups -OCH3 is 1. The Kier molecular flexibility index (Phi) is 15.9. The Hall–Kier alpha value is -2.69. The van der Waals surface area contributed by atoms with Gasteiger partial charge in [0.1, 0.15) is 18.1 Å². The van der Waals surface area contributed by atoms with Crippen molar-refractivity contribution >= 4 is 29.5 Å². The minimum absolute atomic E-state index is 0.0711. The van der Waals surface area contributed by atoms with Crippen molar-refractivity contribution in [3.63, 3.8) is 0 Å². The van der Waals surface area contributed by atoms with Crippen LogP contribution in [0.1, 0.15) is 74.1 Å². The van der Waals surface area contributed by atoms with E-state index in [1.54, 1.807) is 6.92 Å². The van der Waals surface area contributed by atoms with Crippen molar-refractivity contribution in [1.29, 1.82) is 0 Å². The highest BCUT2D eigenvalue weighted by atomic mass is 16.5. The normalized spacial score (nSPS) is 14.5. The van der Waals surface area contributed by atoms with Gasteiger partial charge in [0.25, 0.3) is 0 Å². The van der Waals surface area contributed by atoms with E-state index < -0.39 is 41.8 Å². The fourth-order valence-electron chi connectivity index (χ4n) is 4.22. The van der Waals surface area contributed by atoms with Crippen molar-refractivity contribution < 1.29 is 28.7 Å². The monoisotopic (exact) mass is 555 g/mol. The summed E-state index contributed by atoms with van der Waals surface area (Å²) in [5.74, 6) is -1.83. The summed E-state index contributed by atoms with van der Waals surface area (Å²) in [7, 11) is 6.10. The summed E-state index contributed by atoms with van der Waals surface area (Å²) in [5.41, 5.74) is 5.60. The minimum Gasteiger partial charge on any atom is -0.381 e. The highest BCUT2D eigenvalue weighted by Gasteiger charge is 2.35. The predicted molar refractivity (Wildman–Crippen MR) is 151 cm³/mol. The maximum absolute atomic E-state index is 13.6. The smallest absolute Gasteiger partial charge is 0.245 e. The zero-order valence-corrected chi connectivity index (χ0v) is 25.9. The molecule has 0 radical (unpaired) electrons. The highest BCUT2D eigenvalue weighted by molar-refractivity contribution is 5.94. The number of amides is 5. The summed E-state index contributed by atoms with van der Waals surface area (Å²) in [6.45, 7) is 13.2. The van der Waals surface area contributed by atoms with Crippen LogP contribution < -0.4 is 11.1 Å². The molecule has 0 aliphatic heterocycles. The van der Waals surface area contributed by atoms with Gasteiger partial charge in [0.2, 0.25) is 29.5 Å². The molecule has 0 saturated heterocycles. The van der Waals surface area contributed by atoms with E-state index in [4.69, 9.17) is 10.5 Å². The Balaban J connectivity index is 5.84. The second kappa shape index (κ2) is 17.1. The maximum Gasteiger partial charge on any atom is 0.245 e. The summed E-state index contributed by atoms with van der Waals surface area (Å²) in [6, 6.07) is -2.54. The van der Waals surface area contributed by atoms with Gasteiger partial charge >= 0.3 is 0 Å². The van der Waals surface area contributed by atoms with E-state index in [1.165, 1.54) is 43.0 Å². The van der Waals surface area contributed by atoms with Gasteiger partial charge in [0.05, 0.1) is 19.1 Å². The lowest BCUT2D eigenvalue weighted by molar-refractivity contribution is -0.146. The number of primary amides is 1. The van der Waals surface area contributed by atoms with Crippen LogP contribution in [0, 0.1) is 17.8 Å². The summed E-state index contributed by atoms with van der Waals surface area (Å²) in [6.07, 6.45) is 0.971. The molecule has 0 rings (SSSR count). The SMILES string of the molecule is COC(C)CC(=O)N(C)CC(=O)N(C)[C@@H](CC(C)C)C(=O)N[C@@H](CC(C)C)C(=O)N(C)[C@@H](CC(C)C)C(N)=O. The van der Waals surface area contributed by atoms with E-state index in [0.29, 0.717) is 19.3 Å². The first-order valence-corrected chi connectivity index (χ1v) is 13.8. The molecule has 0 aliphatic rings. The van der Waals surface area contributed by atoms with Crippen LogP contribution in [-0.4, -0.2) is 103 Å². The third kappa shape index (κ3) is 12.8. The molecule has 0 bridgehead atoms. The van der Waals surface area contributed by atoms with Crippen molar-refractivity contribution in [2.75, 3.05) is 34.8 Å². The molecule has 0 heterocycles. The molecule has 0 saturated carbocycles. The number of hydrogen-bond acceptors (Lipinski definition) is 6. The van der Waals surface area contributed by atoms with Gasteiger partial charge in [-0.25, -0.2) is 0 Å². The number of carbonyl (C=O) groups excluding carboxylic acids is 5. The number of carbonyl (C=O) groups is 5. The summed E-state index contributed by atoms with van der Waals surface area (Å²) < 4.78 is 5.13. The predicted octanol–water partition coefficient (Wildman–Crippen LogP) is 1.63. The Labute approximate surface area is 235 Å². The van der Waals surface area contributed by atoms with E-state index in [9.17, 15) is 24.0 Å². The Morgan fingerprint density at radius 3 is 1.67 bits per heavy atom. The van der Waals surface area contributed by atoms with Gasteiger partial charge in [-0.2, -0.15) is 0 Å². The van der Waals surface area contributed by atoms with Crippen LogP contribution in [0.25, 0.3) is 0 Å². The van der Waals surface area contributed by atoms with E-state index in [1.807, 2.05) is 41.5 Å². The molecular weight excluding hydrogens is 502 g/mol. The molecule has 0 aromatic heterocycles. The molecule has 0 aliphatic carbocycles. The zero-order valence-electron chi connectivity index (χ0n) is 25.9. The standard InChI is InChI=1S/C28H53N5O6/c1-17(2)12-21(28(38)33(10)22(26(29)36)13-18(3)4)30-27(37)23(14-19(5)6)32(9)25(35)16-31(8)24(34)15-20(7)39-11/h17-23H,12-16H2,1-11H3,(H2,29,36)(H,30,37)/t20?,21-,22-,23-/m0/s1. The molecule has 11 heteroatoms. The quantitative estimate of drug-likeness (QED) is 0.279. The summed E-state index contributed by atoms with van der Waals surface area (Å²) >= 11 is 0. The number of nitrogens with one attached hydrogen (secondary N) is 1. The van der Waals surface area contributed by atoms with Crippen LogP contribution in [0.15, 0.2) is 0 Å². The first-order chi connectivity index (χ1) is 17.9. The average Bonchev–Trinajstić information content (AvgIpc) is 2.82. The largest absolute Gasteiger partial charge is 0.381 e. The number of hydrogen-bond donors (Lipinski definition) is 2. The van der Waals surface area contributed by atoms with E-state index in [0.717, 1.165) is 0 Å². The van der Waals surface area contributed by atoms with Crippen LogP contribution in [0.2, 0.25) is 0 Å². The second-order valence-electron chi connectivity index (χ2n) is 11.8. The van der Waals surface area contributed by atoms with Crippen molar-refractivity contribution in [1.82, 2.24) is 20.0 Å². The minimum atomic E-state index is -0.894. The molecule has 4 atom stereocenters. The van der Waals surface area contributed by atoms with E-state index >= 15 is 0 Å². The first kappa shape index (κ1) is 36.3. The van der Waals surface area contributed by atoms with Crippen molar-refractivity contribution in [3.05, 3.63) is 0 Å². The number of ether oxygens (including phenoxy) is 1. The van der Waals surface area contributed by atoms with Crippen LogP contribution in [0.3, 0.4) is 0 Å². The molecule has 3 N–H and O–H groups in total. The third-order valence-electron chi connectivity index (χ3n) is 6.68. The summed E-state index contributed by atoms with van der Waals surface area (Å²) in [4.78, 5) is 68.7. The fraction of sp³-hybridized carbons (Fsp3) is 0.821. The number of nitrogens with two attached hydrogens (primary N) is 1. The van der Waals surface area contributed by atoms with Crippen molar-refractivity contribution in [2.45, 2.75) is 98.4 Å². The van der Waals surface area contributed by atoms with Crippen molar-refractivity contribution in [2.24, 2.45) is 23.5 Å². The first-order valence-electron chi connectivity index (χ1n) is 13.8. The second-order valence-corrected chi connectivity index (χ2v) is 11.8. The molecule has 0 fully saturated rings. The molecule has 0 spiro atoms. The average molecular weight is 556 g/mol. The molecular formula is C28H53N5O6. The van der Waals surface area contributed by atoms with Gasteiger partial charge in [-0.15, -0.1) is 0 Å². The fourth-order valence-corrected chi connectivity index (χ4v) is 4.22. The van der Waals surface area contributed by atoms with E-state index in [2.05, 4.69) is 5.32 Å². The number of rotatable bonds is 17. The molecule has 11 nitrogen and oxygen atoms in total. The Morgan fingerprint density at radius 1 is 0.744 bits per heavy atom. The van der Waals surface area contributed by atoms with Crippen LogP contribution in [0.5, 0.6) is 0 Å². The molecule has 5 amide bonds. The highest BCUT2D eigenvalue weighted by Crippen LogP contribution is 2.17. The van der Waals surface area contributed by atoms with E-state index in [-0.39, 0.29) is 42.7 Å². The molecule has 1 unspecified atom stereocenters.